The van der Waals surface area contributed by atoms with E-state index in [2.05, 4.69) is 5.32 Å². The Labute approximate surface area is 271 Å². The van der Waals surface area contributed by atoms with Crippen molar-refractivity contribution in [3.8, 4) is 11.5 Å². The van der Waals surface area contributed by atoms with Crippen LogP contribution >= 0.6 is 0 Å². The molecule has 0 bridgehead atoms. The Morgan fingerprint density at radius 1 is 0.783 bits per heavy atom. The number of amides is 2. The van der Waals surface area contributed by atoms with E-state index in [1.54, 1.807) is 30.3 Å². The summed E-state index contributed by atoms with van der Waals surface area (Å²) >= 11 is 0. The van der Waals surface area contributed by atoms with Gasteiger partial charge in [0.25, 0.3) is 10.0 Å². The predicted molar refractivity (Wildman–Crippen MR) is 179 cm³/mol. The summed E-state index contributed by atoms with van der Waals surface area (Å²) < 4.78 is 40.3. The number of methoxy groups -OCH3 is 2. The highest BCUT2D eigenvalue weighted by molar-refractivity contribution is 7.92. The minimum absolute atomic E-state index is 0.0150. The molecule has 0 aliphatic heterocycles. The average molecular weight is 644 g/mol. The van der Waals surface area contributed by atoms with Crippen LogP contribution in [0.2, 0.25) is 0 Å². The lowest BCUT2D eigenvalue weighted by Crippen LogP contribution is -2.54. The van der Waals surface area contributed by atoms with Gasteiger partial charge in [0.05, 0.1) is 24.8 Å². The number of hydrogen-bond acceptors (Lipinski definition) is 6. The molecular weight excluding hydrogens is 602 g/mol. The number of benzene rings is 4. The van der Waals surface area contributed by atoms with Gasteiger partial charge in [-0.3, -0.25) is 13.9 Å². The zero-order valence-corrected chi connectivity index (χ0v) is 27.7. The Balaban J connectivity index is 1.84. The van der Waals surface area contributed by atoms with E-state index in [0.29, 0.717) is 11.5 Å². The van der Waals surface area contributed by atoms with Gasteiger partial charge in [-0.2, -0.15) is 0 Å². The van der Waals surface area contributed by atoms with Crippen LogP contribution < -0.4 is 19.1 Å². The van der Waals surface area contributed by atoms with Crippen LogP contribution in [-0.4, -0.2) is 58.0 Å². The molecule has 0 aromatic heterocycles. The number of carbonyl (C=O) groups excluding carboxylic acids is 2. The lowest BCUT2D eigenvalue weighted by Gasteiger charge is -2.34. The van der Waals surface area contributed by atoms with Gasteiger partial charge in [0.2, 0.25) is 11.8 Å². The molecule has 0 aliphatic rings. The van der Waals surface area contributed by atoms with E-state index in [1.165, 1.54) is 37.3 Å². The van der Waals surface area contributed by atoms with Crippen molar-refractivity contribution in [2.75, 3.05) is 25.1 Å². The summed E-state index contributed by atoms with van der Waals surface area (Å²) in [5.74, 6) is -0.168. The fourth-order valence-electron chi connectivity index (χ4n) is 5.17. The molecule has 4 aromatic carbocycles. The maximum atomic E-state index is 14.6. The van der Waals surface area contributed by atoms with Gasteiger partial charge in [-0.1, -0.05) is 78.4 Å². The molecule has 1 N–H and O–H groups in total. The summed E-state index contributed by atoms with van der Waals surface area (Å²) in [5.41, 5.74) is 2.88. The van der Waals surface area contributed by atoms with E-state index < -0.39 is 28.5 Å². The van der Waals surface area contributed by atoms with Crippen LogP contribution in [0.5, 0.6) is 11.5 Å². The van der Waals surface area contributed by atoms with Crippen LogP contribution in [0.4, 0.5) is 5.69 Å². The van der Waals surface area contributed by atoms with Crippen molar-refractivity contribution in [1.29, 1.82) is 0 Å². The maximum absolute atomic E-state index is 14.6. The van der Waals surface area contributed by atoms with Gasteiger partial charge in [-0.25, -0.2) is 8.42 Å². The summed E-state index contributed by atoms with van der Waals surface area (Å²) in [7, 11) is -1.31. The summed E-state index contributed by atoms with van der Waals surface area (Å²) in [6.45, 7) is 5.19. The molecule has 9 nitrogen and oxygen atoms in total. The van der Waals surface area contributed by atoms with Gasteiger partial charge >= 0.3 is 0 Å². The lowest BCUT2D eigenvalue weighted by atomic mass is 10.0. The number of nitrogens with one attached hydrogen (secondary N) is 1. The average Bonchev–Trinajstić information content (AvgIpc) is 3.05. The highest BCUT2D eigenvalue weighted by Crippen LogP contribution is 2.34. The molecule has 4 rings (SSSR count). The van der Waals surface area contributed by atoms with Gasteiger partial charge < -0.3 is 19.7 Å². The molecule has 2 amide bonds. The van der Waals surface area contributed by atoms with E-state index in [-0.39, 0.29) is 35.5 Å². The Bertz CT molecular complexity index is 1730. The van der Waals surface area contributed by atoms with Gasteiger partial charge in [-0.15, -0.1) is 0 Å². The molecule has 0 saturated heterocycles. The standard InChI is InChI=1S/C36H41N3O6S/c1-26(2)37-36(41)32(22-28-14-8-6-9-15-28)38(24-29-16-12-13-27(3)21-29)35(40)25-39(46(42,43)31-17-10-7-11-18-31)30-19-20-33(44-4)34(23-30)45-5/h6-21,23,26,32H,22,24-25H2,1-5H3,(H,37,41)/t32-/m0/s1. The SMILES string of the molecule is COc1ccc(N(CC(=O)N(Cc2cccc(C)c2)[C@@H](Cc2ccccc2)C(=O)NC(C)C)S(=O)(=O)c2ccccc2)cc1OC. The largest absolute Gasteiger partial charge is 0.493 e. The number of carbonyl (C=O) groups is 2. The first-order valence-corrected chi connectivity index (χ1v) is 16.5. The Morgan fingerprint density at radius 3 is 2.02 bits per heavy atom. The molecule has 0 fully saturated rings. The highest BCUT2D eigenvalue weighted by Gasteiger charge is 2.35. The first kappa shape index (κ1) is 34.1. The van der Waals surface area contributed by atoms with E-state index in [4.69, 9.17) is 9.47 Å². The molecule has 0 heterocycles. The third-order valence-electron chi connectivity index (χ3n) is 7.40. The van der Waals surface area contributed by atoms with Crippen LogP contribution in [0, 0.1) is 6.92 Å². The van der Waals surface area contributed by atoms with E-state index >= 15 is 0 Å². The van der Waals surface area contributed by atoms with Gasteiger partial charge in [0, 0.05) is 25.1 Å². The number of nitrogens with zero attached hydrogens (tertiary/aromatic N) is 2. The molecule has 1 atom stereocenters. The Hall–Kier alpha value is -4.83. The van der Waals surface area contributed by atoms with Crippen molar-refractivity contribution in [1.82, 2.24) is 10.2 Å². The second kappa shape index (κ2) is 15.4. The number of ether oxygens (including phenoxy) is 2. The fraction of sp³-hybridized carbons (Fsp3) is 0.278. The van der Waals surface area contributed by atoms with Gasteiger partial charge in [-0.05, 0) is 56.2 Å². The second-order valence-electron chi connectivity index (χ2n) is 11.2. The Morgan fingerprint density at radius 2 is 1.41 bits per heavy atom. The number of sulfonamides is 1. The molecule has 46 heavy (non-hydrogen) atoms. The molecule has 0 radical (unpaired) electrons. The van der Waals surface area contributed by atoms with Gasteiger partial charge in [0.1, 0.15) is 12.6 Å². The molecule has 4 aromatic rings. The maximum Gasteiger partial charge on any atom is 0.264 e. The van der Waals surface area contributed by atoms with E-state index in [1.807, 2.05) is 75.4 Å². The third-order valence-corrected chi connectivity index (χ3v) is 9.19. The van der Waals surface area contributed by atoms with Crippen molar-refractivity contribution in [2.45, 2.75) is 50.7 Å². The smallest absolute Gasteiger partial charge is 0.264 e. The quantitative estimate of drug-likeness (QED) is 0.198. The molecule has 242 valence electrons. The summed E-state index contributed by atoms with van der Waals surface area (Å²) in [6.07, 6.45) is 0.235. The van der Waals surface area contributed by atoms with E-state index in [0.717, 1.165) is 21.0 Å². The Kier molecular flexibility index (Phi) is 11.4. The lowest BCUT2D eigenvalue weighted by molar-refractivity contribution is -0.140. The molecule has 0 aliphatic carbocycles. The number of aryl methyl sites for hydroxylation is 1. The zero-order valence-electron chi connectivity index (χ0n) is 26.8. The first-order valence-electron chi connectivity index (χ1n) is 15.0. The van der Waals surface area contributed by atoms with Crippen LogP contribution in [0.15, 0.2) is 108 Å². The predicted octanol–water partition coefficient (Wildman–Crippen LogP) is 5.37. The molecular formula is C36H41N3O6S. The van der Waals surface area contributed by atoms with Crippen LogP contribution in [0.1, 0.15) is 30.5 Å². The summed E-state index contributed by atoms with van der Waals surface area (Å²) in [5, 5.41) is 2.97. The van der Waals surface area contributed by atoms with Crippen LogP contribution in [0.3, 0.4) is 0 Å². The summed E-state index contributed by atoms with van der Waals surface area (Å²) in [6, 6.07) is 28.6. The molecule has 0 saturated carbocycles. The molecule has 0 spiro atoms. The van der Waals surface area contributed by atoms with Crippen molar-refractivity contribution >= 4 is 27.5 Å². The number of rotatable bonds is 14. The van der Waals surface area contributed by atoms with Crippen molar-refractivity contribution in [2.24, 2.45) is 0 Å². The van der Waals surface area contributed by atoms with Crippen LogP contribution in [-0.2, 0) is 32.6 Å². The zero-order chi connectivity index (χ0) is 33.3. The highest BCUT2D eigenvalue weighted by atomic mass is 32.2. The second-order valence-corrected chi connectivity index (χ2v) is 13.1. The number of hydrogen-bond donors (Lipinski definition) is 1. The minimum atomic E-state index is -4.24. The fourth-order valence-corrected chi connectivity index (χ4v) is 6.60. The molecule has 0 unspecified atom stereocenters. The van der Waals surface area contributed by atoms with Crippen molar-refractivity contribution < 1.29 is 27.5 Å². The third kappa shape index (κ3) is 8.45. The van der Waals surface area contributed by atoms with Crippen molar-refractivity contribution in [3.63, 3.8) is 0 Å². The first-order chi connectivity index (χ1) is 22.0. The summed E-state index contributed by atoms with van der Waals surface area (Å²) in [4.78, 5) is 29.9. The molecule has 10 heteroatoms. The number of anilines is 1. The van der Waals surface area contributed by atoms with E-state index in [9.17, 15) is 18.0 Å². The van der Waals surface area contributed by atoms with Crippen molar-refractivity contribution in [3.05, 3.63) is 120 Å². The van der Waals surface area contributed by atoms with Crippen LogP contribution in [0.25, 0.3) is 0 Å². The van der Waals surface area contributed by atoms with Gasteiger partial charge in [0.15, 0.2) is 11.5 Å². The topological polar surface area (TPSA) is 105 Å². The normalized spacial score (nSPS) is 11.9. The monoisotopic (exact) mass is 643 g/mol. The minimum Gasteiger partial charge on any atom is -0.493 e.